The van der Waals surface area contributed by atoms with Crippen molar-refractivity contribution in [3.05, 3.63) is 156 Å². The molecule has 2 aliphatic rings. The number of aliphatic carboxylic acids is 2. The molecular formula is C66H84N6O18S2. The van der Waals surface area contributed by atoms with Gasteiger partial charge in [0.05, 0.1) is 49.7 Å². The van der Waals surface area contributed by atoms with E-state index in [9.17, 15) is 69.6 Å². The first-order valence-electron chi connectivity index (χ1n) is 30.4. The van der Waals surface area contributed by atoms with E-state index in [2.05, 4.69) is 31.9 Å². The van der Waals surface area contributed by atoms with Crippen LogP contribution in [0.1, 0.15) is 71.4 Å². The molecule has 498 valence electrons. The number of benzene rings is 5. The zero-order chi connectivity index (χ0) is 66.2. The van der Waals surface area contributed by atoms with Crippen molar-refractivity contribution < 1.29 is 88.6 Å². The summed E-state index contributed by atoms with van der Waals surface area (Å²) in [5.74, 6) is -7.58. The SMILES string of the molecule is CC(=O)N[C@H]1[C@H]([C@H](O)[C@H](O)CNC(=O)c2ccc(-c3ccccc3)cc2)O[C@@](OCCCSCCNCc2ccc(CNCCSCCCO[C@]3(C(=O)O)C[C@H](O)[C@@H](NC(C)=O)[C@H]([C@H](O)[C@H](O)CNC(=O)c4ccc(-c5ccccc5)cc4)O3)cc2)(C(=O)O)C[C@@H]1O. The average Bonchev–Trinajstić information content (AvgIpc) is 0.797. The van der Waals surface area contributed by atoms with E-state index in [1.807, 2.05) is 84.9 Å². The van der Waals surface area contributed by atoms with Gasteiger partial charge in [0.15, 0.2) is 0 Å². The van der Waals surface area contributed by atoms with Gasteiger partial charge < -0.3 is 91.7 Å². The maximum Gasteiger partial charge on any atom is 0.364 e. The quantitative estimate of drug-likeness (QED) is 0.0256. The number of carboxylic acids is 2. The molecule has 4 amide bonds. The lowest BCUT2D eigenvalue weighted by atomic mass is 9.88. The summed E-state index contributed by atoms with van der Waals surface area (Å²) in [6, 6.07) is 38.2. The molecule has 26 heteroatoms. The monoisotopic (exact) mass is 1310 g/mol. The summed E-state index contributed by atoms with van der Waals surface area (Å²) in [5, 5.41) is 105. The molecule has 5 aromatic rings. The number of amides is 4. The molecule has 0 aromatic heterocycles. The molecule has 0 bridgehead atoms. The van der Waals surface area contributed by atoms with Crippen LogP contribution >= 0.6 is 23.5 Å². The Bertz CT molecular complexity index is 2940. The highest BCUT2D eigenvalue weighted by molar-refractivity contribution is 7.99. The van der Waals surface area contributed by atoms with Crippen LogP contribution in [-0.4, -0.2) is 211 Å². The number of aliphatic hydroxyl groups is 6. The molecule has 2 heterocycles. The largest absolute Gasteiger partial charge is 0.477 e. The fraction of sp³-hybridized carbons (Fsp3) is 0.455. The minimum atomic E-state index is -2.42. The van der Waals surface area contributed by atoms with Crippen LogP contribution in [0.15, 0.2) is 133 Å². The lowest BCUT2D eigenvalue weighted by Crippen LogP contribution is -2.68. The summed E-state index contributed by atoms with van der Waals surface area (Å²) in [6.45, 7) is 3.87. The molecule has 0 unspecified atom stereocenters. The number of carboxylic acid groups (broad SMARTS) is 2. The Morgan fingerprint density at radius 1 is 0.511 bits per heavy atom. The average molecular weight is 1310 g/mol. The third-order valence-electron chi connectivity index (χ3n) is 15.5. The predicted molar refractivity (Wildman–Crippen MR) is 345 cm³/mol. The molecule has 0 radical (unpaired) electrons. The molecule has 14 N–H and O–H groups in total. The minimum absolute atomic E-state index is 0.0846. The minimum Gasteiger partial charge on any atom is -0.477 e. The second-order valence-electron chi connectivity index (χ2n) is 22.5. The maximum atomic E-state index is 13.0. The Hall–Kier alpha value is -6.86. The van der Waals surface area contributed by atoms with Crippen molar-refractivity contribution in [3.63, 3.8) is 0 Å². The number of hydrogen-bond donors (Lipinski definition) is 14. The van der Waals surface area contributed by atoms with Gasteiger partial charge in [-0.3, -0.25) is 19.2 Å². The number of aliphatic hydroxyl groups excluding tert-OH is 6. The molecule has 5 aromatic carbocycles. The van der Waals surface area contributed by atoms with Crippen LogP contribution in [-0.2, 0) is 51.2 Å². The summed E-state index contributed by atoms with van der Waals surface area (Å²) in [7, 11) is 0. The van der Waals surface area contributed by atoms with Crippen molar-refractivity contribution in [1.82, 2.24) is 31.9 Å². The highest BCUT2D eigenvalue weighted by Crippen LogP contribution is 2.36. The third kappa shape index (κ3) is 21.1. The Morgan fingerprint density at radius 3 is 1.20 bits per heavy atom. The van der Waals surface area contributed by atoms with Crippen molar-refractivity contribution in [2.24, 2.45) is 0 Å². The van der Waals surface area contributed by atoms with Crippen molar-refractivity contribution in [2.45, 2.75) is 125 Å². The molecule has 12 atom stereocenters. The summed E-state index contributed by atoms with van der Waals surface area (Å²) >= 11 is 3.23. The summed E-state index contributed by atoms with van der Waals surface area (Å²) < 4.78 is 23.3. The normalized spacial score (nSPS) is 22.7. The highest BCUT2D eigenvalue weighted by atomic mass is 32.2. The molecule has 2 aliphatic heterocycles. The van der Waals surface area contributed by atoms with Crippen LogP contribution in [0.5, 0.6) is 0 Å². The van der Waals surface area contributed by atoms with E-state index in [1.54, 1.807) is 72.1 Å². The zero-order valence-corrected chi connectivity index (χ0v) is 52.9. The number of carbonyl (C=O) groups excluding carboxylic acids is 4. The van der Waals surface area contributed by atoms with Gasteiger partial charge in [0.25, 0.3) is 23.4 Å². The van der Waals surface area contributed by atoms with Gasteiger partial charge in [0.1, 0.15) is 24.4 Å². The molecule has 0 spiro atoms. The number of ether oxygens (including phenoxy) is 4. The standard InChI is InChI=1S/C66H84N6O18S2/c1-41(73)71-55-51(75)35-65(63(83)84,89-59(55)57(79)53(77)39-69-61(81)49-23-19-47(20-24-49)45-11-5-3-6-12-45)87-29-9-31-91-33-27-67-37-43-15-17-44(18-16-43)38-68-28-34-92-32-10-30-88-66(64(85)86)36-52(76)56(72-42(2)74)60(90-66)58(80)54(78)40-70-62(82)50-25-21-48(22-26-50)46-13-7-4-8-14-46/h3-8,11-26,51-60,67-68,75-80H,9-10,27-40H2,1-2H3,(H,69,81)(H,70,82)(H,71,73)(H,72,74)(H,83,84)(H,85,86)/t51-,52-,53+,54+,55+,56+,57+,58+,59+,60+,65+,66+/m0/s1. The number of carbonyl (C=O) groups is 6. The fourth-order valence-electron chi connectivity index (χ4n) is 10.6. The van der Waals surface area contributed by atoms with Gasteiger partial charge >= 0.3 is 11.9 Å². The first-order valence-corrected chi connectivity index (χ1v) is 32.7. The van der Waals surface area contributed by atoms with E-state index in [4.69, 9.17) is 18.9 Å². The molecule has 92 heavy (non-hydrogen) atoms. The van der Waals surface area contributed by atoms with Crippen molar-refractivity contribution in [3.8, 4) is 22.3 Å². The number of rotatable bonds is 36. The van der Waals surface area contributed by atoms with Crippen molar-refractivity contribution >= 4 is 59.1 Å². The van der Waals surface area contributed by atoms with E-state index in [0.717, 1.165) is 44.9 Å². The van der Waals surface area contributed by atoms with Crippen LogP contribution in [0.4, 0.5) is 0 Å². The Kier molecular flexibility index (Phi) is 28.4. The number of thioether (sulfide) groups is 2. The fourth-order valence-corrected chi connectivity index (χ4v) is 12.2. The first-order chi connectivity index (χ1) is 44.2. The van der Waals surface area contributed by atoms with Gasteiger partial charge in [-0.15, -0.1) is 0 Å². The topological polar surface area (TPSA) is 373 Å². The molecular weight excluding hydrogens is 1230 g/mol. The second kappa shape index (κ2) is 36.0. The van der Waals surface area contributed by atoms with Gasteiger partial charge in [0, 0.05) is 88.6 Å². The van der Waals surface area contributed by atoms with Gasteiger partial charge in [-0.05, 0) is 82.0 Å². The van der Waals surface area contributed by atoms with Crippen LogP contribution in [0.2, 0.25) is 0 Å². The number of hydrogen-bond acceptors (Lipinski definition) is 20. The predicted octanol–water partition coefficient (Wildman–Crippen LogP) is 2.65. The van der Waals surface area contributed by atoms with Crippen LogP contribution < -0.4 is 31.9 Å². The Morgan fingerprint density at radius 2 is 0.859 bits per heavy atom. The van der Waals surface area contributed by atoms with Gasteiger partial charge in [-0.25, -0.2) is 9.59 Å². The highest BCUT2D eigenvalue weighted by Gasteiger charge is 2.57. The second-order valence-corrected chi connectivity index (χ2v) is 24.9. The first kappa shape index (κ1) is 72.6. The molecule has 2 fully saturated rings. The Labute approximate surface area is 542 Å². The number of nitrogens with one attached hydrogen (secondary N) is 6. The summed E-state index contributed by atoms with van der Waals surface area (Å²) in [5.41, 5.74) is 6.46. The molecule has 0 aliphatic carbocycles. The Balaban J connectivity index is 0.750. The lowest BCUT2D eigenvalue weighted by Gasteiger charge is -2.46. The molecule has 0 saturated carbocycles. The molecule has 2 saturated heterocycles. The van der Waals surface area contributed by atoms with E-state index in [0.29, 0.717) is 61.7 Å². The zero-order valence-electron chi connectivity index (χ0n) is 51.3. The van der Waals surface area contributed by atoms with Crippen molar-refractivity contribution in [1.29, 1.82) is 0 Å². The van der Waals surface area contributed by atoms with Crippen molar-refractivity contribution in [2.75, 3.05) is 62.4 Å². The smallest absolute Gasteiger partial charge is 0.364 e. The third-order valence-corrected chi connectivity index (χ3v) is 17.7. The molecule has 24 nitrogen and oxygen atoms in total. The summed E-state index contributed by atoms with van der Waals surface area (Å²) in [4.78, 5) is 75.7. The summed E-state index contributed by atoms with van der Waals surface area (Å²) in [6.07, 6.45) is -13.9. The van der Waals surface area contributed by atoms with Crippen LogP contribution in [0.3, 0.4) is 0 Å². The van der Waals surface area contributed by atoms with E-state index in [-0.39, 0.29) is 13.2 Å². The van der Waals surface area contributed by atoms with E-state index >= 15 is 0 Å². The van der Waals surface area contributed by atoms with Gasteiger partial charge in [0.2, 0.25) is 11.8 Å². The maximum absolute atomic E-state index is 13.0. The molecule has 7 rings (SSSR count). The van der Waals surface area contributed by atoms with E-state index < -0.39 is 134 Å². The van der Waals surface area contributed by atoms with Crippen LogP contribution in [0, 0.1) is 0 Å². The lowest BCUT2D eigenvalue weighted by molar-refractivity contribution is -0.310. The van der Waals surface area contributed by atoms with E-state index in [1.165, 1.54) is 13.8 Å². The van der Waals surface area contributed by atoms with Gasteiger partial charge in [-0.2, -0.15) is 23.5 Å². The van der Waals surface area contributed by atoms with Gasteiger partial charge in [-0.1, -0.05) is 109 Å². The van der Waals surface area contributed by atoms with Crippen LogP contribution in [0.25, 0.3) is 22.3 Å².